The maximum atomic E-state index is 12.7. The summed E-state index contributed by atoms with van der Waals surface area (Å²) in [5, 5.41) is 18.4. The van der Waals surface area contributed by atoms with Crippen molar-refractivity contribution in [2.24, 2.45) is 0 Å². The molecule has 2 amide bonds. The van der Waals surface area contributed by atoms with Crippen molar-refractivity contribution in [2.45, 2.75) is 32.2 Å². The molecular formula is C15H20N2O4. The predicted octanol–water partition coefficient (Wildman–Crippen LogP) is 2.28. The van der Waals surface area contributed by atoms with Gasteiger partial charge in [0.25, 0.3) is 0 Å². The Morgan fingerprint density at radius 1 is 1.24 bits per heavy atom. The van der Waals surface area contributed by atoms with Crippen LogP contribution in [0.3, 0.4) is 0 Å². The van der Waals surface area contributed by atoms with Gasteiger partial charge >= 0.3 is 12.0 Å². The van der Waals surface area contributed by atoms with Crippen molar-refractivity contribution >= 4 is 17.7 Å². The van der Waals surface area contributed by atoms with Crippen LogP contribution in [0.25, 0.3) is 0 Å². The van der Waals surface area contributed by atoms with Crippen molar-refractivity contribution in [3.05, 3.63) is 24.3 Å². The van der Waals surface area contributed by atoms with Gasteiger partial charge in [-0.1, -0.05) is 6.92 Å². The van der Waals surface area contributed by atoms with Crippen LogP contribution >= 0.6 is 0 Å². The van der Waals surface area contributed by atoms with E-state index in [1.165, 1.54) is 17.0 Å². The highest BCUT2D eigenvalue weighted by Gasteiger charge is 2.35. The lowest BCUT2D eigenvalue weighted by molar-refractivity contribution is -0.135. The molecule has 0 aromatic heterocycles. The average Bonchev–Trinajstić information content (AvgIpc) is 3.27. The highest BCUT2D eigenvalue weighted by Crippen LogP contribution is 2.29. The predicted molar refractivity (Wildman–Crippen MR) is 78.5 cm³/mol. The van der Waals surface area contributed by atoms with Crippen molar-refractivity contribution in [1.82, 2.24) is 4.90 Å². The van der Waals surface area contributed by atoms with Crippen LogP contribution in [0.4, 0.5) is 10.5 Å². The van der Waals surface area contributed by atoms with Crippen molar-refractivity contribution in [3.63, 3.8) is 0 Å². The molecule has 0 atom stereocenters. The highest BCUT2D eigenvalue weighted by molar-refractivity contribution is 5.96. The van der Waals surface area contributed by atoms with E-state index in [0.717, 1.165) is 19.3 Å². The molecule has 2 rings (SSSR count). The van der Waals surface area contributed by atoms with Crippen LogP contribution in [0, 0.1) is 0 Å². The quantitative estimate of drug-likeness (QED) is 0.843. The van der Waals surface area contributed by atoms with Crippen molar-refractivity contribution < 1.29 is 19.8 Å². The summed E-state index contributed by atoms with van der Waals surface area (Å²) in [5.74, 6) is -0.988. The second kappa shape index (κ2) is 6.47. The van der Waals surface area contributed by atoms with Crippen LogP contribution in [-0.4, -0.2) is 46.2 Å². The first kappa shape index (κ1) is 15.2. The molecule has 1 aliphatic rings. The van der Waals surface area contributed by atoms with Gasteiger partial charge in [0.05, 0.1) is 0 Å². The van der Waals surface area contributed by atoms with E-state index in [9.17, 15) is 14.7 Å². The molecule has 0 radical (unpaired) electrons. The third-order valence-electron chi connectivity index (χ3n) is 3.38. The Bertz CT molecular complexity index is 511. The summed E-state index contributed by atoms with van der Waals surface area (Å²) in [7, 11) is 0. The van der Waals surface area contributed by atoms with E-state index < -0.39 is 12.5 Å². The minimum absolute atomic E-state index is 0.0779. The third-order valence-corrected chi connectivity index (χ3v) is 3.38. The maximum absolute atomic E-state index is 12.7. The average molecular weight is 292 g/mol. The molecule has 1 saturated carbocycles. The summed E-state index contributed by atoms with van der Waals surface area (Å²) < 4.78 is 0. The molecule has 21 heavy (non-hydrogen) atoms. The fourth-order valence-electron chi connectivity index (χ4n) is 2.25. The Labute approximate surface area is 123 Å². The van der Waals surface area contributed by atoms with Crippen LogP contribution in [0.15, 0.2) is 24.3 Å². The zero-order valence-electron chi connectivity index (χ0n) is 12.0. The smallest absolute Gasteiger partial charge is 0.325 e. The number of phenols is 1. The number of carboxylic acid groups (broad SMARTS) is 1. The molecule has 0 unspecified atom stereocenters. The topological polar surface area (TPSA) is 81.1 Å². The number of anilines is 1. The molecule has 0 bridgehead atoms. The lowest BCUT2D eigenvalue weighted by atomic mass is 10.2. The number of aliphatic carboxylic acids is 1. The normalized spacial score (nSPS) is 13.8. The fourth-order valence-corrected chi connectivity index (χ4v) is 2.25. The highest BCUT2D eigenvalue weighted by atomic mass is 16.4. The number of carbonyl (C=O) groups excluding carboxylic acids is 1. The largest absolute Gasteiger partial charge is 0.508 e. The molecule has 6 nitrogen and oxygen atoms in total. The minimum Gasteiger partial charge on any atom is -0.508 e. The van der Waals surface area contributed by atoms with E-state index >= 15 is 0 Å². The van der Waals surface area contributed by atoms with E-state index in [0.29, 0.717) is 12.2 Å². The van der Waals surface area contributed by atoms with Gasteiger partial charge in [-0.05, 0) is 43.5 Å². The van der Waals surface area contributed by atoms with E-state index in [2.05, 4.69) is 0 Å². The summed E-state index contributed by atoms with van der Waals surface area (Å²) >= 11 is 0. The van der Waals surface area contributed by atoms with Crippen molar-refractivity contribution in [1.29, 1.82) is 0 Å². The Balaban J connectivity index is 2.23. The molecule has 0 heterocycles. The second-order valence-electron chi connectivity index (χ2n) is 5.20. The molecule has 1 aromatic rings. The number of carbonyl (C=O) groups is 2. The van der Waals surface area contributed by atoms with Gasteiger partial charge in [0.15, 0.2) is 0 Å². The summed E-state index contributed by atoms with van der Waals surface area (Å²) in [6.07, 6.45) is 2.78. The number of benzene rings is 1. The first-order chi connectivity index (χ1) is 10.0. The number of rotatable bonds is 6. The van der Waals surface area contributed by atoms with Crippen LogP contribution in [0.5, 0.6) is 5.75 Å². The molecule has 2 N–H and O–H groups in total. The summed E-state index contributed by atoms with van der Waals surface area (Å²) in [6, 6.07) is 5.93. The van der Waals surface area contributed by atoms with Crippen molar-refractivity contribution in [2.75, 3.05) is 18.0 Å². The Kier molecular flexibility index (Phi) is 4.67. The van der Waals surface area contributed by atoms with Crippen LogP contribution in [0.1, 0.15) is 26.2 Å². The van der Waals surface area contributed by atoms with Gasteiger partial charge in [-0.2, -0.15) is 0 Å². The number of urea groups is 1. The second-order valence-corrected chi connectivity index (χ2v) is 5.20. The van der Waals surface area contributed by atoms with E-state index in [1.54, 1.807) is 17.0 Å². The zero-order chi connectivity index (χ0) is 15.4. The van der Waals surface area contributed by atoms with E-state index in [-0.39, 0.29) is 17.8 Å². The van der Waals surface area contributed by atoms with Gasteiger partial charge in [-0.25, -0.2) is 4.79 Å². The first-order valence-corrected chi connectivity index (χ1v) is 7.12. The molecule has 0 aliphatic heterocycles. The number of hydrogen-bond donors (Lipinski definition) is 2. The number of phenolic OH excluding ortho intramolecular Hbond substituents is 1. The molecular weight excluding hydrogens is 272 g/mol. The molecule has 1 aromatic carbocycles. The SMILES string of the molecule is CCCN(C(=O)N(CC(=O)O)c1ccc(O)cc1)C1CC1. The van der Waals surface area contributed by atoms with Crippen molar-refractivity contribution in [3.8, 4) is 5.75 Å². The standard InChI is InChI=1S/C15H20N2O4/c1-2-9-16(11-3-4-11)15(21)17(10-14(19)20)12-5-7-13(18)8-6-12/h5-8,11,18H,2-4,9-10H2,1H3,(H,19,20). The van der Waals surface area contributed by atoms with Gasteiger partial charge in [-0.15, -0.1) is 0 Å². The first-order valence-electron chi connectivity index (χ1n) is 7.12. The number of carboxylic acids is 1. The molecule has 0 spiro atoms. The lowest BCUT2D eigenvalue weighted by Gasteiger charge is -2.29. The third kappa shape index (κ3) is 3.87. The Morgan fingerprint density at radius 3 is 2.33 bits per heavy atom. The zero-order valence-corrected chi connectivity index (χ0v) is 12.0. The summed E-state index contributed by atoms with van der Waals surface area (Å²) in [6.45, 7) is 2.22. The number of aromatic hydroxyl groups is 1. The lowest BCUT2D eigenvalue weighted by Crippen LogP contribution is -2.47. The molecule has 0 saturated heterocycles. The van der Waals surface area contributed by atoms with Gasteiger partial charge in [0.1, 0.15) is 12.3 Å². The Morgan fingerprint density at radius 2 is 1.86 bits per heavy atom. The van der Waals surface area contributed by atoms with Gasteiger partial charge in [0.2, 0.25) is 0 Å². The monoisotopic (exact) mass is 292 g/mol. The summed E-state index contributed by atoms with van der Waals surface area (Å²) in [4.78, 5) is 26.7. The maximum Gasteiger partial charge on any atom is 0.325 e. The minimum atomic E-state index is -1.07. The molecule has 114 valence electrons. The van der Waals surface area contributed by atoms with Gasteiger partial charge in [0, 0.05) is 18.3 Å². The number of hydrogen-bond acceptors (Lipinski definition) is 3. The van der Waals surface area contributed by atoms with E-state index in [1.807, 2.05) is 6.92 Å². The molecule has 1 aliphatic carbocycles. The number of amides is 2. The van der Waals surface area contributed by atoms with Crippen LogP contribution in [0.2, 0.25) is 0 Å². The molecule has 6 heteroatoms. The van der Waals surface area contributed by atoms with Gasteiger partial charge < -0.3 is 15.1 Å². The Hall–Kier alpha value is -2.24. The summed E-state index contributed by atoms with van der Waals surface area (Å²) in [5.41, 5.74) is 0.474. The number of nitrogens with zero attached hydrogens (tertiary/aromatic N) is 2. The van der Waals surface area contributed by atoms with Crippen LogP contribution < -0.4 is 4.90 Å². The molecule has 1 fully saturated rings. The van der Waals surface area contributed by atoms with Gasteiger partial charge in [-0.3, -0.25) is 9.69 Å². The fraction of sp³-hybridized carbons (Fsp3) is 0.467. The van der Waals surface area contributed by atoms with E-state index in [4.69, 9.17) is 5.11 Å². The van der Waals surface area contributed by atoms with Crippen LogP contribution in [-0.2, 0) is 4.79 Å².